The standard InChI is InChI=1S/C25H34BN3O8S/c1-24(2)22(30)36-26(37-23(31)25(3,4)28(24)5)21(13-9-12-18-10-7-6-8-11-18)27-38(34,35)20-16-14-19(15-17-20)29(32)33/h14-18,21,27H,6-8,10-12H2,1-5H3. The molecule has 1 heterocycles. The van der Waals surface area contributed by atoms with Gasteiger partial charge in [-0.2, -0.15) is 4.72 Å². The maximum atomic E-state index is 13.2. The van der Waals surface area contributed by atoms with Gasteiger partial charge in [-0.15, -0.1) is 5.92 Å². The molecule has 11 nitrogen and oxygen atoms in total. The lowest BCUT2D eigenvalue weighted by molar-refractivity contribution is -0.384. The molecule has 2 aliphatic rings. The molecule has 1 aromatic carbocycles. The van der Waals surface area contributed by atoms with Gasteiger partial charge in [-0.05, 0) is 65.6 Å². The van der Waals surface area contributed by atoms with Crippen LogP contribution in [-0.4, -0.2) is 61.4 Å². The van der Waals surface area contributed by atoms with Crippen LogP contribution in [0.3, 0.4) is 0 Å². The maximum absolute atomic E-state index is 13.2. The smallest absolute Gasteiger partial charge is 0.496 e. The Balaban J connectivity index is 1.96. The van der Waals surface area contributed by atoms with Crippen molar-refractivity contribution in [2.24, 2.45) is 5.92 Å². The van der Waals surface area contributed by atoms with Crippen molar-refractivity contribution in [1.29, 1.82) is 0 Å². The van der Waals surface area contributed by atoms with Crippen molar-refractivity contribution in [3.8, 4) is 11.8 Å². The molecule has 0 spiro atoms. The van der Waals surface area contributed by atoms with Gasteiger partial charge in [0.25, 0.3) is 5.69 Å². The summed E-state index contributed by atoms with van der Waals surface area (Å²) in [5.74, 6) is 3.35. The van der Waals surface area contributed by atoms with E-state index in [0.717, 1.165) is 49.9 Å². The van der Waals surface area contributed by atoms with E-state index in [1.165, 1.54) is 11.3 Å². The largest absolute Gasteiger partial charge is 0.631 e. The number of hydrogen-bond donors (Lipinski definition) is 1. The van der Waals surface area contributed by atoms with Crippen LogP contribution in [0.1, 0.15) is 66.2 Å². The quantitative estimate of drug-likeness (QED) is 0.246. The summed E-state index contributed by atoms with van der Waals surface area (Å²) in [7, 11) is -4.36. The van der Waals surface area contributed by atoms with E-state index in [1.54, 1.807) is 34.7 Å². The second-order valence-corrected chi connectivity index (χ2v) is 12.4. The number of nitro benzene ring substituents is 1. The number of non-ortho nitro benzene ring substituents is 1. The Labute approximate surface area is 224 Å². The molecular formula is C25H34BN3O8S. The maximum Gasteiger partial charge on any atom is 0.631 e. The topological polar surface area (TPSA) is 145 Å². The first-order valence-electron chi connectivity index (χ1n) is 12.6. The molecule has 1 atom stereocenters. The van der Waals surface area contributed by atoms with E-state index in [4.69, 9.17) is 9.31 Å². The number of rotatable bonds is 6. The summed E-state index contributed by atoms with van der Waals surface area (Å²) in [6.45, 7) is 6.38. The fourth-order valence-corrected chi connectivity index (χ4v) is 5.61. The van der Waals surface area contributed by atoms with Crippen molar-refractivity contribution >= 4 is 34.8 Å². The van der Waals surface area contributed by atoms with Crippen molar-refractivity contribution < 1.29 is 32.2 Å². The highest BCUT2D eigenvalue weighted by Crippen LogP contribution is 2.29. The second kappa shape index (κ2) is 11.4. The zero-order valence-electron chi connectivity index (χ0n) is 22.4. The summed E-state index contributed by atoms with van der Waals surface area (Å²) in [4.78, 5) is 37.8. The van der Waals surface area contributed by atoms with Crippen LogP contribution in [0, 0.1) is 27.9 Å². The Bertz CT molecular complexity index is 1200. The highest BCUT2D eigenvalue weighted by molar-refractivity contribution is 7.89. The molecule has 3 rings (SSSR count). The molecular weight excluding hydrogens is 513 g/mol. The highest BCUT2D eigenvalue weighted by Gasteiger charge is 2.53. The van der Waals surface area contributed by atoms with Crippen LogP contribution < -0.4 is 4.72 Å². The predicted octanol–water partition coefficient (Wildman–Crippen LogP) is 2.83. The number of hydrogen-bond acceptors (Lipinski definition) is 9. The van der Waals surface area contributed by atoms with Crippen LogP contribution in [0.25, 0.3) is 0 Å². The normalized spacial score (nSPS) is 21.2. The van der Waals surface area contributed by atoms with Crippen molar-refractivity contribution in [3.05, 3.63) is 34.4 Å². The van der Waals surface area contributed by atoms with E-state index in [9.17, 15) is 28.1 Å². The number of carbonyl (C=O) groups excluding carboxylic acids is 2. The third kappa shape index (κ3) is 6.54. The molecule has 0 aromatic heterocycles. The molecule has 1 aliphatic heterocycles. The third-order valence-electron chi connectivity index (χ3n) is 7.41. The average Bonchev–Trinajstić information content (AvgIpc) is 2.87. The number of benzene rings is 1. The average molecular weight is 547 g/mol. The summed E-state index contributed by atoms with van der Waals surface area (Å²) in [5.41, 5.74) is -2.75. The summed E-state index contributed by atoms with van der Waals surface area (Å²) < 4.78 is 39.9. The minimum Gasteiger partial charge on any atom is -0.496 e. The molecule has 1 aromatic rings. The second-order valence-electron chi connectivity index (χ2n) is 10.7. The number of nitrogens with one attached hydrogen (secondary N) is 1. The molecule has 0 radical (unpaired) electrons. The number of nitro groups is 1. The number of carbonyl (C=O) groups is 2. The van der Waals surface area contributed by atoms with Crippen molar-refractivity contribution in [1.82, 2.24) is 9.62 Å². The summed E-state index contributed by atoms with van der Waals surface area (Å²) in [6.07, 6.45) is 5.96. The van der Waals surface area contributed by atoms with Crippen LogP contribution in [0.4, 0.5) is 5.69 Å². The first-order chi connectivity index (χ1) is 17.7. The molecule has 206 valence electrons. The Morgan fingerprint density at radius 2 is 1.61 bits per heavy atom. The van der Waals surface area contributed by atoms with Gasteiger partial charge in [0.05, 0.1) is 9.82 Å². The molecule has 1 saturated carbocycles. The minimum atomic E-state index is -4.30. The zero-order chi connectivity index (χ0) is 28.3. The van der Waals surface area contributed by atoms with E-state index in [-0.39, 0.29) is 10.6 Å². The number of sulfonamides is 1. The fraction of sp³-hybridized carbons (Fsp3) is 0.600. The van der Waals surface area contributed by atoms with Gasteiger partial charge in [0.1, 0.15) is 17.0 Å². The SMILES string of the molecule is CN1C(C)(C)C(=O)OB(C(C#CCC2CCCCC2)NS(=O)(=O)c2ccc([N+](=O)[O-])cc2)OC(=O)C1(C)C. The van der Waals surface area contributed by atoms with Gasteiger partial charge >= 0.3 is 19.1 Å². The lowest BCUT2D eigenvalue weighted by Gasteiger charge is -2.45. The molecule has 1 aliphatic carbocycles. The van der Waals surface area contributed by atoms with Crippen LogP contribution in [0.2, 0.25) is 0 Å². The first-order valence-corrected chi connectivity index (χ1v) is 14.1. The van der Waals surface area contributed by atoms with E-state index < -0.39 is 51.0 Å². The Morgan fingerprint density at radius 3 is 2.11 bits per heavy atom. The predicted molar refractivity (Wildman–Crippen MR) is 140 cm³/mol. The molecule has 0 amide bonds. The summed E-state index contributed by atoms with van der Waals surface area (Å²) in [6, 6.07) is 4.30. The lowest BCUT2D eigenvalue weighted by Crippen LogP contribution is -2.66. The number of nitrogens with zero attached hydrogens (tertiary/aromatic N) is 2. The molecule has 1 N–H and O–H groups in total. The summed E-state index contributed by atoms with van der Waals surface area (Å²) >= 11 is 0. The first kappa shape index (κ1) is 29.6. The molecule has 1 saturated heterocycles. The Morgan fingerprint density at radius 1 is 1.08 bits per heavy atom. The van der Waals surface area contributed by atoms with Crippen molar-refractivity contribution in [2.75, 3.05) is 7.05 Å². The van der Waals surface area contributed by atoms with Crippen LogP contribution >= 0.6 is 0 Å². The van der Waals surface area contributed by atoms with Crippen LogP contribution in [0.15, 0.2) is 29.2 Å². The lowest BCUT2D eigenvalue weighted by atomic mass is 9.77. The zero-order valence-corrected chi connectivity index (χ0v) is 23.2. The van der Waals surface area contributed by atoms with Gasteiger partial charge in [0.2, 0.25) is 10.0 Å². The van der Waals surface area contributed by atoms with Crippen LogP contribution in [-0.2, 0) is 28.9 Å². The van der Waals surface area contributed by atoms with Gasteiger partial charge in [-0.25, -0.2) is 8.42 Å². The third-order valence-corrected chi connectivity index (χ3v) is 8.86. The highest BCUT2D eigenvalue weighted by atomic mass is 32.2. The van der Waals surface area contributed by atoms with Crippen molar-refractivity contribution in [3.63, 3.8) is 0 Å². The molecule has 2 fully saturated rings. The van der Waals surface area contributed by atoms with E-state index in [0.29, 0.717) is 12.3 Å². The van der Waals surface area contributed by atoms with Crippen LogP contribution in [0.5, 0.6) is 0 Å². The van der Waals surface area contributed by atoms with Crippen molar-refractivity contribution in [2.45, 2.75) is 88.1 Å². The molecule has 38 heavy (non-hydrogen) atoms. The van der Waals surface area contributed by atoms with Gasteiger partial charge < -0.3 is 9.31 Å². The Kier molecular flexibility index (Phi) is 8.91. The Hall–Kier alpha value is -2.95. The van der Waals surface area contributed by atoms with Gasteiger partial charge in [0.15, 0.2) is 0 Å². The molecule has 13 heteroatoms. The van der Waals surface area contributed by atoms with Gasteiger partial charge in [-0.1, -0.05) is 25.2 Å². The molecule has 0 bridgehead atoms. The van der Waals surface area contributed by atoms with E-state index >= 15 is 0 Å². The van der Waals surface area contributed by atoms with E-state index in [1.807, 2.05) is 0 Å². The number of likely N-dealkylation sites (N-methyl/N-ethyl adjacent to an activating group) is 1. The fourth-order valence-electron chi connectivity index (χ4n) is 4.47. The van der Waals surface area contributed by atoms with Gasteiger partial charge in [-0.3, -0.25) is 24.6 Å². The monoisotopic (exact) mass is 547 g/mol. The van der Waals surface area contributed by atoms with E-state index in [2.05, 4.69) is 16.6 Å². The van der Waals surface area contributed by atoms with Gasteiger partial charge in [0, 0.05) is 18.6 Å². The summed E-state index contributed by atoms with van der Waals surface area (Å²) in [5, 5.41) is 11.0. The molecule has 1 unspecified atom stereocenters. The minimum absolute atomic E-state index is 0.258.